The van der Waals surface area contributed by atoms with Crippen LogP contribution in [0.1, 0.15) is 42.1 Å². The molecule has 4 aromatic rings. The van der Waals surface area contributed by atoms with Gasteiger partial charge in [0.15, 0.2) is 0 Å². The van der Waals surface area contributed by atoms with Crippen molar-refractivity contribution in [1.82, 2.24) is 4.57 Å². The Morgan fingerprint density at radius 1 is 1.05 bits per heavy atom. The third-order valence-electron chi connectivity index (χ3n) is 7.46. The van der Waals surface area contributed by atoms with Gasteiger partial charge in [0.1, 0.15) is 17.6 Å². The lowest BCUT2D eigenvalue weighted by molar-refractivity contribution is -0.132. The van der Waals surface area contributed by atoms with Gasteiger partial charge in [-0.1, -0.05) is 37.3 Å². The first-order valence-corrected chi connectivity index (χ1v) is 12.6. The predicted octanol–water partition coefficient (Wildman–Crippen LogP) is 5.69. The molecule has 37 heavy (non-hydrogen) atoms. The Kier molecular flexibility index (Phi) is 5.41. The van der Waals surface area contributed by atoms with Crippen LogP contribution in [-0.4, -0.2) is 27.5 Å². The number of carbonyl (C=O) groups excluding carboxylic acids is 2. The van der Waals surface area contributed by atoms with Crippen LogP contribution in [0.15, 0.2) is 78.5 Å². The highest BCUT2D eigenvalue weighted by atomic mass is 16.5. The van der Waals surface area contributed by atoms with Gasteiger partial charge in [-0.15, -0.1) is 0 Å². The van der Waals surface area contributed by atoms with Gasteiger partial charge in [0.25, 0.3) is 11.7 Å². The van der Waals surface area contributed by atoms with E-state index in [1.54, 1.807) is 6.07 Å². The van der Waals surface area contributed by atoms with Crippen LogP contribution in [0, 0.1) is 0 Å². The SMILES string of the molecule is CCc1ccc(N2C(=O)C(=O)/C(=C(/O)c3ccc4c(c3)CC(C)O4)C2c2cn(C)c3ccccc23)cc1. The minimum absolute atomic E-state index is 0.0553. The molecule has 1 saturated heterocycles. The van der Waals surface area contributed by atoms with Gasteiger partial charge in [0.2, 0.25) is 0 Å². The van der Waals surface area contributed by atoms with E-state index in [0.29, 0.717) is 11.3 Å². The number of Topliss-reactive ketones (excluding diaryl/α,β-unsaturated/α-hetero) is 1. The first kappa shape index (κ1) is 23.1. The predicted molar refractivity (Wildman–Crippen MR) is 144 cm³/mol. The maximum atomic E-state index is 13.6. The van der Waals surface area contributed by atoms with E-state index in [0.717, 1.165) is 46.2 Å². The maximum Gasteiger partial charge on any atom is 0.300 e. The van der Waals surface area contributed by atoms with Gasteiger partial charge in [-0.05, 0) is 60.9 Å². The molecule has 0 saturated carbocycles. The number of rotatable bonds is 4. The highest BCUT2D eigenvalue weighted by Gasteiger charge is 2.48. The second-order valence-electron chi connectivity index (χ2n) is 9.86. The Bertz CT molecular complexity index is 1600. The first-order valence-electron chi connectivity index (χ1n) is 12.6. The topological polar surface area (TPSA) is 71.8 Å². The summed E-state index contributed by atoms with van der Waals surface area (Å²) in [7, 11) is 1.94. The van der Waals surface area contributed by atoms with E-state index in [9.17, 15) is 14.7 Å². The van der Waals surface area contributed by atoms with Crippen LogP contribution >= 0.6 is 0 Å². The van der Waals surface area contributed by atoms with Crippen molar-refractivity contribution in [1.29, 1.82) is 0 Å². The molecule has 0 radical (unpaired) electrons. The number of aromatic nitrogens is 1. The molecule has 186 valence electrons. The number of ketones is 1. The van der Waals surface area contributed by atoms with Gasteiger partial charge in [0, 0.05) is 47.4 Å². The number of ether oxygens (including phenoxy) is 1. The molecule has 2 unspecified atom stereocenters. The number of aryl methyl sites for hydroxylation is 2. The Hall–Kier alpha value is -4.32. The Morgan fingerprint density at radius 2 is 1.81 bits per heavy atom. The number of para-hydroxylation sites is 1. The average molecular weight is 493 g/mol. The number of fused-ring (bicyclic) bond motifs is 2. The molecule has 2 aliphatic rings. The van der Waals surface area contributed by atoms with Gasteiger partial charge >= 0.3 is 0 Å². The Labute approximate surface area is 215 Å². The maximum absolute atomic E-state index is 13.6. The van der Waals surface area contributed by atoms with E-state index in [-0.39, 0.29) is 17.4 Å². The monoisotopic (exact) mass is 492 g/mol. The molecule has 1 N–H and O–H groups in total. The van der Waals surface area contributed by atoms with Crippen molar-refractivity contribution < 1.29 is 19.4 Å². The number of hydrogen-bond donors (Lipinski definition) is 1. The third kappa shape index (κ3) is 3.63. The first-order chi connectivity index (χ1) is 17.9. The number of aliphatic hydroxyl groups is 1. The molecule has 0 spiro atoms. The normalized spacial score (nSPS) is 20.5. The van der Waals surface area contributed by atoms with Crippen LogP contribution in [0.4, 0.5) is 5.69 Å². The largest absolute Gasteiger partial charge is 0.507 e. The summed E-state index contributed by atoms with van der Waals surface area (Å²) in [6, 6.07) is 20.2. The van der Waals surface area contributed by atoms with Crippen molar-refractivity contribution in [2.24, 2.45) is 7.05 Å². The van der Waals surface area contributed by atoms with Gasteiger partial charge in [-0.3, -0.25) is 14.5 Å². The van der Waals surface area contributed by atoms with Gasteiger partial charge in [-0.2, -0.15) is 0 Å². The zero-order chi connectivity index (χ0) is 25.8. The number of nitrogens with zero attached hydrogens (tertiary/aromatic N) is 2. The van der Waals surface area contributed by atoms with Crippen LogP contribution in [0.25, 0.3) is 16.7 Å². The zero-order valence-corrected chi connectivity index (χ0v) is 21.1. The molecule has 3 aromatic carbocycles. The van der Waals surface area contributed by atoms with Crippen molar-refractivity contribution in [2.75, 3.05) is 4.90 Å². The molecule has 1 amide bonds. The van der Waals surface area contributed by atoms with E-state index in [4.69, 9.17) is 4.74 Å². The summed E-state index contributed by atoms with van der Waals surface area (Å²) < 4.78 is 7.80. The molecule has 2 aliphatic heterocycles. The fourth-order valence-corrected chi connectivity index (χ4v) is 5.60. The molecule has 6 heteroatoms. The fourth-order valence-electron chi connectivity index (χ4n) is 5.60. The second kappa shape index (κ2) is 8.66. The van der Waals surface area contributed by atoms with E-state index in [2.05, 4.69) is 6.92 Å². The quantitative estimate of drug-likeness (QED) is 0.226. The zero-order valence-electron chi connectivity index (χ0n) is 21.1. The van der Waals surface area contributed by atoms with Gasteiger partial charge in [0.05, 0.1) is 11.6 Å². The number of carbonyl (C=O) groups is 2. The molecule has 1 aromatic heterocycles. The summed E-state index contributed by atoms with van der Waals surface area (Å²) in [6.07, 6.45) is 3.59. The van der Waals surface area contributed by atoms with Crippen LogP contribution in [0.3, 0.4) is 0 Å². The number of anilines is 1. The fraction of sp³-hybridized carbons (Fsp3) is 0.226. The van der Waals surface area contributed by atoms with E-state index in [1.165, 1.54) is 4.90 Å². The highest BCUT2D eigenvalue weighted by Crippen LogP contribution is 2.45. The Morgan fingerprint density at radius 3 is 2.57 bits per heavy atom. The summed E-state index contributed by atoms with van der Waals surface area (Å²) >= 11 is 0. The minimum atomic E-state index is -0.776. The highest BCUT2D eigenvalue weighted by molar-refractivity contribution is 6.51. The van der Waals surface area contributed by atoms with Crippen LogP contribution in [0.5, 0.6) is 5.75 Å². The van der Waals surface area contributed by atoms with E-state index < -0.39 is 17.7 Å². The summed E-state index contributed by atoms with van der Waals surface area (Å²) in [5, 5.41) is 12.5. The number of hydrogen-bond acceptors (Lipinski definition) is 4. The van der Waals surface area contributed by atoms with Crippen molar-refractivity contribution in [3.05, 3.63) is 101 Å². The average Bonchev–Trinajstić information content (AvgIpc) is 3.54. The van der Waals surface area contributed by atoms with E-state index >= 15 is 0 Å². The Balaban J connectivity index is 1.58. The molecule has 0 bridgehead atoms. The van der Waals surface area contributed by atoms with Crippen molar-refractivity contribution in [3.8, 4) is 5.75 Å². The summed E-state index contributed by atoms with van der Waals surface area (Å²) in [5.74, 6) is -0.737. The minimum Gasteiger partial charge on any atom is -0.507 e. The summed E-state index contributed by atoms with van der Waals surface area (Å²) in [6.45, 7) is 4.06. The van der Waals surface area contributed by atoms with Crippen molar-refractivity contribution in [3.63, 3.8) is 0 Å². The summed E-state index contributed by atoms with van der Waals surface area (Å²) in [5.41, 5.74) is 5.09. The van der Waals surface area contributed by atoms with Crippen LogP contribution in [0.2, 0.25) is 0 Å². The van der Waals surface area contributed by atoms with Crippen LogP contribution < -0.4 is 9.64 Å². The summed E-state index contributed by atoms with van der Waals surface area (Å²) in [4.78, 5) is 28.7. The lowest BCUT2D eigenvalue weighted by Crippen LogP contribution is -2.29. The lowest BCUT2D eigenvalue weighted by atomic mass is 9.94. The standard InChI is InChI=1S/C31H28N2O4/c1-4-19-9-12-22(13-10-19)33-28(24-17-32(3)25-8-6-5-7-23(24)25)27(30(35)31(33)36)29(34)20-11-14-26-21(16-20)15-18(2)37-26/h5-14,16-18,28,34H,4,15H2,1-3H3/b29-27+. The molecule has 1 fully saturated rings. The molecule has 2 atom stereocenters. The van der Waals surface area contributed by atoms with Crippen LogP contribution in [-0.2, 0) is 29.5 Å². The van der Waals surface area contributed by atoms with Crippen molar-refractivity contribution in [2.45, 2.75) is 38.8 Å². The molecule has 6 rings (SSSR count). The molecule has 0 aliphatic carbocycles. The van der Waals surface area contributed by atoms with Gasteiger partial charge < -0.3 is 14.4 Å². The van der Waals surface area contributed by atoms with Gasteiger partial charge in [-0.25, -0.2) is 0 Å². The number of benzene rings is 3. The third-order valence-corrected chi connectivity index (χ3v) is 7.46. The molecule has 3 heterocycles. The van der Waals surface area contributed by atoms with Crippen molar-refractivity contribution >= 4 is 34.0 Å². The smallest absolute Gasteiger partial charge is 0.300 e. The molecule has 6 nitrogen and oxygen atoms in total. The molecular formula is C31H28N2O4. The van der Waals surface area contributed by atoms with E-state index in [1.807, 2.05) is 85.4 Å². The molecular weight excluding hydrogens is 464 g/mol. The second-order valence-corrected chi connectivity index (χ2v) is 9.86. The number of aliphatic hydroxyl groups excluding tert-OH is 1. The number of amides is 1. The lowest BCUT2D eigenvalue weighted by Gasteiger charge is -2.25.